The highest BCUT2D eigenvalue weighted by atomic mass is 32.2. The van der Waals surface area contributed by atoms with E-state index >= 15 is 0 Å². The first kappa shape index (κ1) is 11.8. The van der Waals surface area contributed by atoms with Gasteiger partial charge < -0.3 is 5.32 Å². The first-order valence-corrected chi connectivity index (χ1v) is 5.75. The summed E-state index contributed by atoms with van der Waals surface area (Å²) in [6.07, 6.45) is 3.00. The molecule has 12 heavy (non-hydrogen) atoms. The standard InChI is InChI=1S/C9H18N2S/c1-4-9(5-10)11-6-8(2)7-12-3/h8-9,11H,4,6-7H2,1-3H3. The van der Waals surface area contributed by atoms with Gasteiger partial charge in [0.25, 0.3) is 0 Å². The summed E-state index contributed by atoms with van der Waals surface area (Å²) in [7, 11) is 0. The Balaban J connectivity index is 3.46. The largest absolute Gasteiger partial charge is 0.302 e. The Morgan fingerprint density at radius 1 is 1.58 bits per heavy atom. The zero-order valence-corrected chi connectivity index (χ0v) is 8.95. The molecule has 0 aromatic heterocycles. The molecule has 0 heterocycles. The van der Waals surface area contributed by atoms with Gasteiger partial charge in [-0.1, -0.05) is 13.8 Å². The van der Waals surface area contributed by atoms with Gasteiger partial charge in [-0.05, 0) is 30.9 Å². The third-order valence-electron chi connectivity index (χ3n) is 1.73. The molecule has 2 unspecified atom stereocenters. The van der Waals surface area contributed by atoms with Crippen molar-refractivity contribution in [1.29, 1.82) is 5.26 Å². The number of nitrogens with zero attached hydrogens (tertiary/aromatic N) is 1. The van der Waals surface area contributed by atoms with Crippen LogP contribution >= 0.6 is 11.8 Å². The molecular formula is C9H18N2S. The van der Waals surface area contributed by atoms with E-state index < -0.39 is 0 Å². The minimum atomic E-state index is 0.0364. The zero-order valence-electron chi connectivity index (χ0n) is 8.13. The molecule has 1 N–H and O–H groups in total. The molecule has 0 aromatic rings. The molecule has 0 spiro atoms. The van der Waals surface area contributed by atoms with Crippen LogP contribution in [0.3, 0.4) is 0 Å². The summed E-state index contributed by atoms with van der Waals surface area (Å²) in [5.41, 5.74) is 0. The SMILES string of the molecule is CCC(C#N)NCC(C)CSC. The minimum Gasteiger partial charge on any atom is -0.302 e. The van der Waals surface area contributed by atoms with Crippen molar-refractivity contribution in [3.8, 4) is 6.07 Å². The lowest BCUT2D eigenvalue weighted by atomic mass is 10.2. The predicted molar refractivity (Wildman–Crippen MR) is 55.2 cm³/mol. The van der Waals surface area contributed by atoms with Crippen molar-refractivity contribution in [3.63, 3.8) is 0 Å². The lowest BCUT2D eigenvalue weighted by Crippen LogP contribution is -2.31. The van der Waals surface area contributed by atoms with Gasteiger partial charge in [-0.3, -0.25) is 0 Å². The third-order valence-corrected chi connectivity index (χ3v) is 2.63. The molecule has 0 fully saturated rings. The van der Waals surface area contributed by atoms with Crippen molar-refractivity contribution >= 4 is 11.8 Å². The second-order valence-corrected chi connectivity index (χ2v) is 3.97. The van der Waals surface area contributed by atoms with Gasteiger partial charge in [-0.25, -0.2) is 0 Å². The Labute approximate surface area is 79.7 Å². The molecule has 2 atom stereocenters. The number of thioether (sulfide) groups is 1. The first-order chi connectivity index (χ1) is 5.74. The number of hydrogen-bond donors (Lipinski definition) is 1. The molecule has 0 saturated heterocycles. The average molecular weight is 186 g/mol. The van der Waals surface area contributed by atoms with Crippen LogP contribution in [0, 0.1) is 17.2 Å². The van der Waals surface area contributed by atoms with Crippen LogP contribution in [-0.2, 0) is 0 Å². The van der Waals surface area contributed by atoms with Crippen molar-refractivity contribution in [2.45, 2.75) is 26.3 Å². The van der Waals surface area contributed by atoms with Crippen LogP contribution in [0.2, 0.25) is 0 Å². The van der Waals surface area contributed by atoms with Crippen molar-refractivity contribution in [2.24, 2.45) is 5.92 Å². The number of nitriles is 1. The molecule has 70 valence electrons. The molecule has 0 aliphatic rings. The van der Waals surface area contributed by atoms with Crippen LogP contribution in [0.1, 0.15) is 20.3 Å². The molecule has 0 radical (unpaired) electrons. The maximum atomic E-state index is 8.65. The lowest BCUT2D eigenvalue weighted by molar-refractivity contribution is 0.512. The van der Waals surface area contributed by atoms with Crippen LogP contribution in [0.15, 0.2) is 0 Å². The van der Waals surface area contributed by atoms with E-state index in [9.17, 15) is 0 Å². The van der Waals surface area contributed by atoms with Gasteiger partial charge in [0, 0.05) is 0 Å². The average Bonchev–Trinajstić information content (AvgIpc) is 2.07. The third kappa shape index (κ3) is 5.45. The van der Waals surface area contributed by atoms with Gasteiger partial charge in [0.1, 0.15) is 0 Å². The molecular weight excluding hydrogens is 168 g/mol. The van der Waals surface area contributed by atoms with Gasteiger partial charge in [0.15, 0.2) is 0 Å². The highest BCUT2D eigenvalue weighted by molar-refractivity contribution is 7.98. The van der Waals surface area contributed by atoms with Gasteiger partial charge in [0.2, 0.25) is 0 Å². The van der Waals surface area contributed by atoms with Gasteiger partial charge in [-0.15, -0.1) is 0 Å². The van der Waals surface area contributed by atoms with E-state index in [1.54, 1.807) is 0 Å². The van der Waals surface area contributed by atoms with E-state index in [0.29, 0.717) is 5.92 Å². The molecule has 0 aliphatic heterocycles. The van der Waals surface area contributed by atoms with Crippen molar-refractivity contribution < 1.29 is 0 Å². The summed E-state index contributed by atoms with van der Waals surface area (Å²) in [6.45, 7) is 5.18. The van der Waals surface area contributed by atoms with Crippen LogP contribution in [0.5, 0.6) is 0 Å². The molecule has 0 bridgehead atoms. The van der Waals surface area contributed by atoms with Crippen molar-refractivity contribution in [1.82, 2.24) is 5.32 Å². The fourth-order valence-electron chi connectivity index (χ4n) is 0.968. The quantitative estimate of drug-likeness (QED) is 0.688. The number of hydrogen-bond acceptors (Lipinski definition) is 3. The monoisotopic (exact) mass is 186 g/mol. The van der Waals surface area contributed by atoms with Crippen LogP contribution in [-0.4, -0.2) is 24.6 Å². The van der Waals surface area contributed by atoms with E-state index in [1.807, 2.05) is 18.7 Å². The summed E-state index contributed by atoms with van der Waals surface area (Å²) in [5.74, 6) is 1.82. The molecule has 0 rings (SSSR count). The van der Waals surface area contributed by atoms with E-state index in [-0.39, 0.29) is 6.04 Å². The molecule has 0 saturated carbocycles. The van der Waals surface area contributed by atoms with Gasteiger partial charge >= 0.3 is 0 Å². The van der Waals surface area contributed by atoms with Gasteiger partial charge in [-0.2, -0.15) is 17.0 Å². The molecule has 2 nitrogen and oxygen atoms in total. The fraction of sp³-hybridized carbons (Fsp3) is 0.889. The van der Waals surface area contributed by atoms with Gasteiger partial charge in [0.05, 0.1) is 12.1 Å². The van der Waals surface area contributed by atoms with Crippen molar-refractivity contribution in [2.75, 3.05) is 18.6 Å². The topological polar surface area (TPSA) is 35.8 Å². The summed E-state index contributed by atoms with van der Waals surface area (Å²) >= 11 is 1.85. The Bertz CT molecular complexity index is 142. The lowest BCUT2D eigenvalue weighted by Gasteiger charge is -2.13. The van der Waals surface area contributed by atoms with E-state index in [1.165, 1.54) is 0 Å². The highest BCUT2D eigenvalue weighted by Gasteiger charge is 2.05. The van der Waals surface area contributed by atoms with Crippen LogP contribution < -0.4 is 5.32 Å². The van der Waals surface area contributed by atoms with E-state index in [2.05, 4.69) is 24.6 Å². The molecule has 0 amide bonds. The Morgan fingerprint density at radius 2 is 2.25 bits per heavy atom. The summed E-state index contributed by atoms with van der Waals surface area (Å²) in [4.78, 5) is 0. The zero-order chi connectivity index (χ0) is 9.40. The Hall–Kier alpha value is -0.200. The molecule has 0 aliphatic carbocycles. The second kappa shape index (κ2) is 7.45. The second-order valence-electron chi connectivity index (χ2n) is 3.06. The summed E-state index contributed by atoms with van der Waals surface area (Å²) in [5, 5.41) is 11.9. The maximum absolute atomic E-state index is 8.65. The Kier molecular flexibility index (Phi) is 7.33. The number of rotatable bonds is 6. The minimum absolute atomic E-state index is 0.0364. The first-order valence-electron chi connectivity index (χ1n) is 4.36. The summed E-state index contributed by atoms with van der Waals surface area (Å²) < 4.78 is 0. The van der Waals surface area contributed by atoms with E-state index in [4.69, 9.17) is 5.26 Å². The predicted octanol–water partition coefficient (Wildman–Crippen LogP) is 1.88. The Morgan fingerprint density at radius 3 is 2.67 bits per heavy atom. The normalized spacial score (nSPS) is 15.2. The maximum Gasteiger partial charge on any atom is 0.0950 e. The molecule has 3 heteroatoms. The fourth-order valence-corrected chi connectivity index (χ4v) is 1.66. The number of nitrogens with one attached hydrogen (secondary N) is 1. The smallest absolute Gasteiger partial charge is 0.0950 e. The van der Waals surface area contributed by atoms with E-state index in [0.717, 1.165) is 18.7 Å². The van der Waals surface area contributed by atoms with Crippen LogP contribution in [0.25, 0.3) is 0 Å². The van der Waals surface area contributed by atoms with Crippen LogP contribution in [0.4, 0.5) is 0 Å². The molecule has 0 aromatic carbocycles. The highest BCUT2D eigenvalue weighted by Crippen LogP contribution is 2.03. The van der Waals surface area contributed by atoms with Crippen molar-refractivity contribution in [3.05, 3.63) is 0 Å². The summed E-state index contributed by atoms with van der Waals surface area (Å²) in [6, 6.07) is 2.27.